The lowest BCUT2D eigenvalue weighted by Crippen LogP contribution is -2.46. The van der Waals surface area contributed by atoms with E-state index in [1.54, 1.807) is 11.8 Å². The molecule has 22 heavy (non-hydrogen) atoms. The van der Waals surface area contributed by atoms with Crippen LogP contribution in [0.1, 0.15) is 43.9 Å². The standard InChI is InChI=1S/C18H28N2OS/c1-18(2,3)15-6-5-14-12-20(9-7-13(14)11-15)17(21)16(19)8-10-22-4/h5-6,11,16H,7-10,12,19H2,1-4H3/t16-/m0/s1. The summed E-state index contributed by atoms with van der Waals surface area (Å²) in [5.41, 5.74) is 10.2. The highest BCUT2D eigenvalue weighted by atomic mass is 32.2. The second-order valence-electron chi connectivity index (χ2n) is 7.13. The van der Waals surface area contributed by atoms with E-state index in [4.69, 9.17) is 5.73 Å². The van der Waals surface area contributed by atoms with Gasteiger partial charge < -0.3 is 10.6 Å². The molecule has 1 atom stereocenters. The number of hydrogen-bond acceptors (Lipinski definition) is 3. The number of amides is 1. The van der Waals surface area contributed by atoms with Gasteiger partial charge in [-0.2, -0.15) is 11.8 Å². The average Bonchev–Trinajstić information content (AvgIpc) is 2.49. The van der Waals surface area contributed by atoms with Crippen LogP contribution in [0.2, 0.25) is 0 Å². The summed E-state index contributed by atoms with van der Waals surface area (Å²) >= 11 is 1.74. The van der Waals surface area contributed by atoms with Crippen LogP contribution in [-0.2, 0) is 23.2 Å². The molecule has 1 aromatic carbocycles. The predicted molar refractivity (Wildman–Crippen MR) is 95.2 cm³/mol. The Bertz CT molecular complexity index is 536. The molecule has 0 aromatic heterocycles. The van der Waals surface area contributed by atoms with Crippen molar-refractivity contribution in [2.75, 3.05) is 18.6 Å². The van der Waals surface area contributed by atoms with E-state index in [2.05, 4.69) is 39.0 Å². The summed E-state index contributed by atoms with van der Waals surface area (Å²) in [6, 6.07) is 6.33. The number of thioether (sulfide) groups is 1. The molecule has 3 nitrogen and oxygen atoms in total. The molecule has 1 aliphatic rings. The van der Waals surface area contributed by atoms with Crippen LogP contribution in [0.15, 0.2) is 18.2 Å². The zero-order chi connectivity index (χ0) is 16.3. The monoisotopic (exact) mass is 320 g/mol. The quantitative estimate of drug-likeness (QED) is 0.928. The number of benzene rings is 1. The van der Waals surface area contributed by atoms with Crippen LogP contribution in [0, 0.1) is 0 Å². The first-order chi connectivity index (χ1) is 10.3. The highest BCUT2D eigenvalue weighted by Gasteiger charge is 2.25. The lowest BCUT2D eigenvalue weighted by atomic mass is 9.84. The Kier molecular flexibility index (Phi) is 5.56. The molecule has 0 fully saturated rings. The van der Waals surface area contributed by atoms with Crippen LogP contribution >= 0.6 is 11.8 Å². The van der Waals surface area contributed by atoms with Crippen molar-refractivity contribution in [3.8, 4) is 0 Å². The Morgan fingerprint density at radius 1 is 1.36 bits per heavy atom. The smallest absolute Gasteiger partial charge is 0.239 e. The first kappa shape index (κ1) is 17.4. The molecule has 1 aliphatic heterocycles. The van der Waals surface area contributed by atoms with Gasteiger partial charge in [-0.1, -0.05) is 39.0 Å². The zero-order valence-corrected chi connectivity index (χ0v) is 15.0. The van der Waals surface area contributed by atoms with Crippen molar-refractivity contribution in [3.63, 3.8) is 0 Å². The number of carbonyl (C=O) groups is 1. The summed E-state index contributed by atoms with van der Waals surface area (Å²) in [6.07, 6.45) is 3.73. The van der Waals surface area contributed by atoms with Crippen molar-refractivity contribution in [2.45, 2.75) is 51.6 Å². The molecule has 0 spiro atoms. The maximum Gasteiger partial charge on any atom is 0.239 e. The Morgan fingerprint density at radius 3 is 2.73 bits per heavy atom. The summed E-state index contributed by atoms with van der Waals surface area (Å²) in [7, 11) is 0. The fraction of sp³-hybridized carbons (Fsp3) is 0.611. The van der Waals surface area contributed by atoms with E-state index in [1.165, 1.54) is 16.7 Å². The fourth-order valence-electron chi connectivity index (χ4n) is 2.81. The minimum atomic E-state index is -0.358. The summed E-state index contributed by atoms with van der Waals surface area (Å²) in [5, 5.41) is 0. The topological polar surface area (TPSA) is 46.3 Å². The van der Waals surface area contributed by atoms with E-state index in [0.717, 1.165) is 25.1 Å². The van der Waals surface area contributed by atoms with Gasteiger partial charge in [-0.05, 0) is 47.0 Å². The van der Waals surface area contributed by atoms with E-state index >= 15 is 0 Å². The summed E-state index contributed by atoms with van der Waals surface area (Å²) in [6.45, 7) is 8.19. The van der Waals surface area contributed by atoms with Crippen molar-refractivity contribution in [1.82, 2.24) is 4.90 Å². The molecule has 2 N–H and O–H groups in total. The second kappa shape index (κ2) is 7.05. The number of nitrogens with two attached hydrogens (primary N) is 1. The van der Waals surface area contributed by atoms with Crippen molar-refractivity contribution in [2.24, 2.45) is 5.73 Å². The van der Waals surface area contributed by atoms with E-state index < -0.39 is 0 Å². The largest absolute Gasteiger partial charge is 0.337 e. The van der Waals surface area contributed by atoms with Crippen LogP contribution in [0.25, 0.3) is 0 Å². The molecule has 1 amide bonds. The Balaban J connectivity index is 2.07. The first-order valence-corrected chi connectivity index (χ1v) is 9.38. The molecular formula is C18H28N2OS. The lowest BCUT2D eigenvalue weighted by Gasteiger charge is -2.32. The third-order valence-corrected chi connectivity index (χ3v) is 4.99. The normalized spacial score (nSPS) is 16.3. The molecule has 0 unspecified atom stereocenters. The first-order valence-electron chi connectivity index (χ1n) is 7.98. The van der Waals surface area contributed by atoms with Gasteiger partial charge in [-0.3, -0.25) is 4.79 Å². The van der Waals surface area contributed by atoms with E-state index in [-0.39, 0.29) is 17.4 Å². The molecule has 0 saturated carbocycles. The number of fused-ring (bicyclic) bond motifs is 1. The number of hydrogen-bond donors (Lipinski definition) is 1. The highest BCUT2D eigenvalue weighted by molar-refractivity contribution is 7.98. The SMILES string of the molecule is CSCC[C@H](N)C(=O)N1CCc2cc(C(C)(C)C)ccc2C1. The van der Waals surface area contributed by atoms with Gasteiger partial charge in [-0.15, -0.1) is 0 Å². The fourth-order valence-corrected chi connectivity index (χ4v) is 3.30. The van der Waals surface area contributed by atoms with Crippen LogP contribution in [0.4, 0.5) is 0 Å². The molecule has 0 aliphatic carbocycles. The van der Waals surface area contributed by atoms with E-state index in [0.29, 0.717) is 6.54 Å². The molecule has 1 aromatic rings. The second-order valence-corrected chi connectivity index (χ2v) is 8.12. The number of carbonyl (C=O) groups excluding carboxylic acids is 1. The van der Waals surface area contributed by atoms with Crippen molar-refractivity contribution >= 4 is 17.7 Å². The third kappa shape index (κ3) is 4.05. The minimum Gasteiger partial charge on any atom is -0.337 e. The summed E-state index contributed by atoms with van der Waals surface area (Å²) in [5.74, 6) is 1.03. The van der Waals surface area contributed by atoms with Gasteiger partial charge in [0, 0.05) is 13.1 Å². The van der Waals surface area contributed by atoms with Gasteiger partial charge in [0.15, 0.2) is 0 Å². The van der Waals surface area contributed by atoms with E-state index in [9.17, 15) is 4.79 Å². The molecule has 0 saturated heterocycles. The van der Waals surface area contributed by atoms with Gasteiger partial charge in [0.2, 0.25) is 5.91 Å². The molecule has 0 bridgehead atoms. The van der Waals surface area contributed by atoms with E-state index in [1.807, 2.05) is 11.2 Å². The van der Waals surface area contributed by atoms with Crippen LogP contribution in [-0.4, -0.2) is 35.4 Å². The maximum absolute atomic E-state index is 12.4. The van der Waals surface area contributed by atoms with Crippen molar-refractivity contribution in [1.29, 1.82) is 0 Å². The zero-order valence-electron chi connectivity index (χ0n) is 14.2. The van der Waals surface area contributed by atoms with Crippen LogP contribution in [0.5, 0.6) is 0 Å². The maximum atomic E-state index is 12.4. The summed E-state index contributed by atoms with van der Waals surface area (Å²) < 4.78 is 0. The van der Waals surface area contributed by atoms with Gasteiger partial charge in [0.05, 0.1) is 6.04 Å². The highest BCUT2D eigenvalue weighted by Crippen LogP contribution is 2.27. The number of nitrogens with zero attached hydrogens (tertiary/aromatic N) is 1. The molecule has 0 radical (unpaired) electrons. The Hall–Kier alpha value is -1.00. The Morgan fingerprint density at radius 2 is 2.09 bits per heavy atom. The summed E-state index contributed by atoms with van der Waals surface area (Å²) in [4.78, 5) is 14.4. The predicted octanol–water partition coefficient (Wildman–Crippen LogP) is 2.95. The third-order valence-electron chi connectivity index (χ3n) is 4.35. The van der Waals surface area contributed by atoms with Gasteiger partial charge >= 0.3 is 0 Å². The minimum absolute atomic E-state index is 0.0968. The van der Waals surface area contributed by atoms with Crippen molar-refractivity contribution in [3.05, 3.63) is 34.9 Å². The average molecular weight is 321 g/mol. The van der Waals surface area contributed by atoms with Crippen LogP contribution < -0.4 is 5.73 Å². The molecule has 1 heterocycles. The van der Waals surface area contributed by atoms with Gasteiger partial charge in [0.25, 0.3) is 0 Å². The molecular weight excluding hydrogens is 292 g/mol. The van der Waals surface area contributed by atoms with Crippen molar-refractivity contribution < 1.29 is 4.79 Å². The Labute approximate surface area is 138 Å². The van der Waals surface area contributed by atoms with Gasteiger partial charge in [-0.25, -0.2) is 0 Å². The molecule has 4 heteroatoms. The van der Waals surface area contributed by atoms with Gasteiger partial charge in [0.1, 0.15) is 0 Å². The van der Waals surface area contributed by atoms with Crippen LogP contribution in [0.3, 0.4) is 0 Å². The molecule has 122 valence electrons. The lowest BCUT2D eigenvalue weighted by molar-refractivity contribution is -0.133. The number of rotatable bonds is 4. The molecule has 2 rings (SSSR count).